The van der Waals surface area contributed by atoms with E-state index in [2.05, 4.69) is 20.9 Å². The number of fused-ring (bicyclic) bond motifs is 2. The van der Waals surface area contributed by atoms with E-state index < -0.39 is 4.92 Å². The van der Waals surface area contributed by atoms with Crippen molar-refractivity contribution >= 4 is 28.1 Å². The number of nitrogens with one attached hydrogen (secondary N) is 2. The number of aliphatic hydroxyl groups is 1. The van der Waals surface area contributed by atoms with Crippen molar-refractivity contribution in [1.29, 1.82) is 0 Å². The fourth-order valence-corrected chi connectivity index (χ4v) is 2.93. The lowest BCUT2D eigenvalue weighted by Crippen LogP contribution is -2.08. The maximum atomic E-state index is 11.5. The average Bonchev–Trinajstić information content (AvgIpc) is 3.34. The number of aliphatic hydroxyl groups excluding tert-OH is 1. The van der Waals surface area contributed by atoms with E-state index in [1.807, 2.05) is 18.2 Å². The van der Waals surface area contributed by atoms with Crippen molar-refractivity contribution < 1.29 is 24.1 Å². The molecule has 0 fully saturated rings. The van der Waals surface area contributed by atoms with Crippen molar-refractivity contribution in [2.24, 2.45) is 0 Å². The summed E-state index contributed by atoms with van der Waals surface area (Å²) in [5.74, 6) is 1.36. The molecule has 146 valence electrons. The van der Waals surface area contributed by atoms with Crippen LogP contribution in [0.1, 0.15) is 12.0 Å². The van der Waals surface area contributed by atoms with Crippen LogP contribution in [0.2, 0.25) is 0 Å². The van der Waals surface area contributed by atoms with E-state index in [1.165, 1.54) is 0 Å². The van der Waals surface area contributed by atoms with Gasteiger partial charge in [-0.25, -0.2) is 4.63 Å². The van der Waals surface area contributed by atoms with E-state index in [0.717, 1.165) is 5.56 Å². The molecule has 4 rings (SSSR count). The summed E-state index contributed by atoms with van der Waals surface area (Å²) in [6.07, 6.45) is 0.451. The first-order valence-electron chi connectivity index (χ1n) is 8.58. The van der Waals surface area contributed by atoms with Crippen molar-refractivity contribution in [3.05, 3.63) is 39.9 Å². The number of aromatic nitrogens is 2. The Kier molecular flexibility index (Phi) is 4.81. The van der Waals surface area contributed by atoms with E-state index in [0.29, 0.717) is 36.7 Å². The fourth-order valence-electron chi connectivity index (χ4n) is 2.93. The number of hydrogen-bond acceptors (Lipinski definition) is 10. The first-order valence-corrected chi connectivity index (χ1v) is 8.58. The molecule has 3 aromatic rings. The molecule has 0 saturated carbocycles. The zero-order valence-electron chi connectivity index (χ0n) is 14.7. The molecular formula is C17H17N5O6. The molecule has 28 heavy (non-hydrogen) atoms. The van der Waals surface area contributed by atoms with E-state index in [9.17, 15) is 10.1 Å². The summed E-state index contributed by atoms with van der Waals surface area (Å²) in [6.45, 7) is 0.967. The molecular weight excluding hydrogens is 370 g/mol. The van der Waals surface area contributed by atoms with Crippen LogP contribution in [-0.4, -0.2) is 40.3 Å². The SMILES string of the molecule is O=[N+]([O-])c1c(NCCCO)cc(NCc2ccc3c(c2)OCO3)c2nonc12. The third kappa shape index (κ3) is 3.34. The highest BCUT2D eigenvalue weighted by Crippen LogP contribution is 2.37. The van der Waals surface area contributed by atoms with Gasteiger partial charge in [0.05, 0.1) is 10.6 Å². The topological polar surface area (TPSA) is 145 Å². The third-order valence-corrected chi connectivity index (χ3v) is 4.26. The number of rotatable bonds is 8. The first-order chi connectivity index (χ1) is 13.7. The Morgan fingerprint density at radius 2 is 1.93 bits per heavy atom. The number of nitro groups is 1. The molecule has 11 nitrogen and oxygen atoms in total. The average molecular weight is 387 g/mol. The molecule has 1 aliphatic heterocycles. The van der Waals surface area contributed by atoms with Crippen molar-refractivity contribution in [3.8, 4) is 11.5 Å². The van der Waals surface area contributed by atoms with Gasteiger partial charge < -0.3 is 25.2 Å². The van der Waals surface area contributed by atoms with Gasteiger partial charge >= 0.3 is 5.69 Å². The summed E-state index contributed by atoms with van der Waals surface area (Å²) in [7, 11) is 0. The van der Waals surface area contributed by atoms with E-state index >= 15 is 0 Å². The number of anilines is 2. The first kappa shape index (κ1) is 17.8. The van der Waals surface area contributed by atoms with Crippen LogP contribution in [0.4, 0.5) is 17.1 Å². The highest BCUT2D eigenvalue weighted by atomic mass is 16.7. The van der Waals surface area contributed by atoms with Gasteiger partial charge in [-0.2, -0.15) is 0 Å². The van der Waals surface area contributed by atoms with Gasteiger partial charge in [0.25, 0.3) is 0 Å². The standard InChI is InChI=1S/C17H17N5O6/c23-5-1-4-18-12-7-11(15-16(21-28-20-15)17(12)22(24)25)19-8-10-2-3-13-14(6-10)27-9-26-13/h2-3,6-7,18-19,23H,1,4-5,8-9H2. The van der Waals surface area contributed by atoms with Crippen molar-refractivity contribution in [3.63, 3.8) is 0 Å². The summed E-state index contributed by atoms with van der Waals surface area (Å²) in [5, 5.41) is 34.1. The van der Waals surface area contributed by atoms with Gasteiger partial charge in [-0.3, -0.25) is 10.1 Å². The van der Waals surface area contributed by atoms with Crippen LogP contribution in [0.5, 0.6) is 11.5 Å². The molecule has 0 unspecified atom stereocenters. The molecule has 2 aromatic carbocycles. The Balaban J connectivity index is 1.63. The molecule has 0 aliphatic carbocycles. The summed E-state index contributed by atoms with van der Waals surface area (Å²) < 4.78 is 15.4. The highest BCUT2D eigenvalue weighted by Gasteiger charge is 2.25. The molecule has 3 N–H and O–H groups in total. The lowest BCUT2D eigenvalue weighted by Gasteiger charge is -2.11. The molecule has 0 amide bonds. The quantitative estimate of drug-likeness (QED) is 0.299. The Hall–Kier alpha value is -3.60. The number of nitro benzene ring substituents is 1. The van der Waals surface area contributed by atoms with Gasteiger partial charge in [-0.05, 0) is 40.5 Å². The molecule has 0 saturated heterocycles. The van der Waals surface area contributed by atoms with Crippen LogP contribution < -0.4 is 20.1 Å². The smallest absolute Gasteiger partial charge is 0.323 e. The van der Waals surface area contributed by atoms with Gasteiger partial charge in [0.1, 0.15) is 5.69 Å². The highest BCUT2D eigenvalue weighted by molar-refractivity contribution is 5.99. The Bertz CT molecular complexity index is 1020. The van der Waals surface area contributed by atoms with Gasteiger partial charge in [0, 0.05) is 19.7 Å². The molecule has 2 heterocycles. The van der Waals surface area contributed by atoms with E-state index in [1.54, 1.807) is 6.07 Å². The normalized spacial score (nSPS) is 12.3. The summed E-state index contributed by atoms with van der Waals surface area (Å²) in [4.78, 5) is 11.0. The third-order valence-electron chi connectivity index (χ3n) is 4.26. The minimum atomic E-state index is -0.532. The van der Waals surface area contributed by atoms with Crippen LogP contribution in [0, 0.1) is 10.1 Å². The zero-order chi connectivity index (χ0) is 19.5. The predicted octanol–water partition coefficient (Wildman–Crippen LogP) is 2.27. The van der Waals surface area contributed by atoms with Crippen LogP contribution in [0.15, 0.2) is 28.9 Å². The molecule has 1 aliphatic rings. The van der Waals surface area contributed by atoms with Crippen LogP contribution in [0.25, 0.3) is 11.0 Å². The zero-order valence-corrected chi connectivity index (χ0v) is 14.7. The summed E-state index contributed by atoms with van der Waals surface area (Å²) >= 11 is 0. The van der Waals surface area contributed by atoms with Crippen molar-refractivity contribution in [2.45, 2.75) is 13.0 Å². The van der Waals surface area contributed by atoms with Crippen LogP contribution >= 0.6 is 0 Å². The van der Waals surface area contributed by atoms with Gasteiger partial charge in [-0.1, -0.05) is 6.07 Å². The number of nitrogens with zero attached hydrogens (tertiary/aromatic N) is 3. The van der Waals surface area contributed by atoms with Gasteiger partial charge in [0.15, 0.2) is 17.0 Å². The van der Waals surface area contributed by atoms with Crippen molar-refractivity contribution in [1.82, 2.24) is 10.3 Å². The Morgan fingerprint density at radius 3 is 2.75 bits per heavy atom. The van der Waals surface area contributed by atoms with Crippen LogP contribution in [0.3, 0.4) is 0 Å². The Labute approximate surface area is 158 Å². The molecule has 11 heteroatoms. The number of hydrogen-bond donors (Lipinski definition) is 3. The second-order valence-electron chi connectivity index (χ2n) is 6.08. The second kappa shape index (κ2) is 7.56. The monoisotopic (exact) mass is 387 g/mol. The molecule has 0 atom stereocenters. The van der Waals surface area contributed by atoms with Crippen molar-refractivity contribution in [2.75, 3.05) is 30.6 Å². The summed E-state index contributed by atoms with van der Waals surface area (Å²) in [6, 6.07) is 7.17. The van der Waals surface area contributed by atoms with Crippen LogP contribution in [-0.2, 0) is 6.54 Å². The molecule has 0 radical (unpaired) electrons. The number of benzene rings is 2. The lowest BCUT2D eigenvalue weighted by atomic mass is 10.1. The van der Waals surface area contributed by atoms with Gasteiger partial charge in [0.2, 0.25) is 12.3 Å². The second-order valence-corrected chi connectivity index (χ2v) is 6.08. The van der Waals surface area contributed by atoms with E-state index in [-0.39, 0.29) is 35.8 Å². The molecule has 0 spiro atoms. The maximum absolute atomic E-state index is 11.5. The minimum Gasteiger partial charge on any atom is -0.454 e. The minimum absolute atomic E-state index is 0.0240. The predicted molar refractivity (Wildman–Crippen MR) is 98.5 cm³/mol. The molecule has 1 aromatic heterocycles. The maximum Gasteiger partial charge on any atom is 0.323 e. The molecule has 0 bridgehead atoms. The summed E-state index contributed by atoms with van der Waals surface area (Å²) in [5.41, 5.74) is 1.83. The number of ether oxygens (including phenoxy) is 2. The van der Waals surface area contributed by atoms with E-state index in [4.69, 9.17) is 19.2 Å². The largest absolute Gasteiger partial charge is 0.454 e. The Morgan fingerprint density at radius 1 is 1.11 bits per heavy atom. The lowest BCUT2D eigenvalue weighted by molar-refractivity contribution is -0.382. The van der Waals surface area contributed by atoms with Gasteiger partial charge in [-0.15, -0.1) is 0 Å². The fraction of sp³-hybridized carbons (Fsp3) is 0.294.